The second-order valence-electron chi connectivity index (χ2n) is 4.71. The molecule has 1 aliphatic rings. The third-order valence-electron chi connectivity index (χ3n) is 3.11. The van der Waals surface area contributed by atoms with Crippen molar-refractivity contribution >= 4 is 32.1 Å². The summed E-state index contributed by atoms with van der Waals surface area (Å²) in [5.74, 6) is 1.53. The second-order valence-corrected chi connectivity index (χ2v) is 6.49. The van der Waals surface area contributed by atoms with Crippen LogP contribution in [0.1, 0.15) is 5.56 Å². The van der Waals surface area contributed by atoms with E-state index in [1.165, 1.54) is 6.07 Å². The molecule has 1 aliphatic heterocycles. The highest BCUT2D eigenvalue weighted by molar-refractivity contribution is 7.99. The van der Waals surface area contributed by atoms with Crippen LogP contribution in [0.25, 0.3) is 0 Å². The normalized spacial score (nSPS) is 22.1. The maximum absolute atomic E-state index is 13.2. The Morgan fingerprint density at radius 2 is 2.32 bits per heavy atom. The van der Waals surface area contributed by atoms with E-state index >= 15 is 0 Å². The van der Waals surface area contributed by atoms with Crippen molar-refractivity contribution in [3.63, 3.8) is 0 Å². The first-order valence-electron chi connectivity index (χ1n) is 6.18. The van der Waals surface area contributed by atoms with Crippen LogP contribution in [0.2, 0.25) is 0 Å². The predicted molar refractivity (Wildman–Crippen MR) is 81.3 cm³/mol. The van der Waals surface area contributed by atoms with Gasteiger partial charge in [0.2, 0.25) is 0 Å². The van der Waals surface area contributed by atoms with Crippen LogP contribution in [0.5, 0.6) is 0 Å². The fourth-order valence-corrected chi connectivity index (χ4v) is 3.30. The van der Waals surface area contributed by atoms with Gasteiger partial charge < -0.3 is 5.73 Å². The molecule has 2 unspecified atom stereocenters. The van der Waals surface area contributed by atoms with Crippen molar-refractivity contribution in [3.8, 4) is 0 Å². The summed E-state index contributed by atoms with van der Waals surface area (Å²) in [7, 11) is 2.39. The van der Waals surface area contributed by atoms with E-state index in [1.807, 2.05) is 0 Å². The van der Waals surface area contributed by atoms with Crippen LogP contribution in [0.4, 0.5) is 4.39 Å². The molecule has 1 heterocycles. The summed E-state index contributed by atoms with van der Waals surface area (Å²) >= 11 is 1.71. The number of thioether (sulfide) groups is 1. The van der Waals surface area contributed by atoms with Gasteiger partial charge in [-0.3, -0.25) is 9.69 Å². The molecule has 2 atom stereocenters. The fraction of sp³-hybridized carbons (Fsp3) is 0.462. The quantitative estimate of drug-likeness (QED) is 0.820. The van der Waals surface area contributed by atoms with E-state index in [2.05, 4.69) is 14.1 Å². The molecule has 1 aromatic carbocycles. The van der Waals surface area contributed by atoms with Gasteiger partial charge in [0, 0.05) is 29.9 Å². The molecule has 19 heavy (non-hydrogen) atoms. The van der Waals surface area contributed by atoms with Gasteiger partial charge in [-0.1, -0.05) is 6.07 Å². The molecule has 0 spiro atoms. The lowest BCUT2D eigenvalue weighted by Gasteiger charge is -2.26. The van der Waals surface area contributed by atoms with Crippen LogP contribution in [0.15, 0.2) is 18.2 Å². The van der Waals surface area contributed by atoms with Crippen molar-refractivity contribution in [2.45, 2.75) is 12.6 Å². The number of halogens is 1. The zero-order valence-corrected chi connectivity index (χ0v) is 12.6. The molecule has 0 aromatic heterocycles. The first kappa shape index (κ1) is 14.9. The topological polar surface area (TPSA) is 46.3 Å². The SMILES string of the molecule is NC1CSCCN(Cc2ccc(F)c(P)c2)CC1=O. The third kappa shape index (κ3) is 4.25. The predicted octanol–water partition coefficient (Wildman–Crippen LogP) is 0.771. The molecule has 1 aromatic rings. The number of carbonyl (C=O) groups excluding carboxylic acids is 1. The molecule has 1 fully saturated rings. The van der Waals surface area contributed by atoms with E-state index in [0.717, 1.165) is 17.9 Å². The van der Waals surface area contributed by atoms with Crippen LogP contribution < -0.4 is 11.0 Å². The second kappa shape index (κ2) is 6.80. The average molecular weight is 300 g/mol. The summed E-state index contributed by atoms with van der Waals surface area (Å²) in [5, 5.41) is 0.557. The molecule has 2 rings (SSSR count). The molecule has 6 heteroatoms. The first-order valence-corrected chi connectivity index (χ1v) is 7.92. The Labute approximate surface area is 119 Å². The van der Waals surface area contributed by atoms with Gasteiger partial charge in [0.25, 0.3) is 0 Å². The van der Waals surface area contributed by atoms with E-state index in [4.69, 9.17) is 5.73 Å². The average Bonchev–Trinajstić information content (AvgIpc) is 2.37. The standard InChI is InChI=1S/C13H18FN2OPS/c14-10-2-1-9(5-13(10)18)6-16-3-4-19-8-11(15)12(17)7-16/h1-2,5,11H,3-4,6-8,15,18H2. The van der Waals surface area contributed by atoms with Gasteiger partial charge in [-0.25, -0.2) is 4.39 Å². The van der Waals surface area contributed by atoms with E-state index in [1.54, 1.807) is 23.9 Å². The lowest BCUT2D eigenvalue weighted by atomic mass is 10.1. The van der Waals surface area contributed by atoms with Gasteiger partial charge in [0.05, 0.1) is 12.6 Å². The summed E-state index contributed by atoms with van der Waals surface area (Å²) in [4.78, 5) is 13.9. The van der Waals surface area contributed by atoms with E-state index < -0.39 is 0 Å². The Bertz CT molecular complexity index is 472. The summed E-state index contributed by atoms with van der Waals surface area (Å²) < 4.78 is 13.2. The monoisotopic (exact) mass is 300 g/mol. The highest BCUT2D eigenvalue weighted by atomic mass is 32.2. The number of hydrogen-bond acceptors (Lipinski definition) is 4. The van der Waals surface area contributed by atoms with Gasteiger partial charge in [0.1, 0.15) is 5.82 Å². The number of ketones is 1. The van der Waals surface area contributed by atoms with Gasteiger partial charge in [-0.15, -0.1) is 9.24 Å². The highest BCUT2D eigenvalue weighted by Crippen LogP contribution is 2.12. The zero-order valence-electron chi connectivity index (χ0n) is 10.6. The summed E-state index contributed by atoms with van der Waals surface area (Å²) in [6.45, 7) is 1.89. The van der Waals surface area contributed by atoms with Crippen LogP contribution in [0, 0.1) is 5.82 Å². The lowest BCUT2D eigenvalue weighted by Crippen LogP contribution is -2.43. The summed E-state index contributed by atoms with van der Waals surface area (Å²) in [6, 6.07) is 4.66. The van der Waals surface area contributed by atoms with Gasteiger partial charge >= 0.3 is 0 Å². The number of nitrogens with two attached hydrogens (primary N) is 1. The molecule has 0 amide bonds. The van der Waals surface area contributed by atoms with E-state index in [9.17, 15) is 9.18 Å². The van der Waals surface area contributed by atoms with Crippen LogP contribution in [-0.2, 0) is 11.3 Å². The van der Waals surface area contributed by atoms with Crippen LogP contribution in [0.3, 0.4) is 0 Å². The summed E-state index contributed by atoms with van der Waals surface area (Å²) in [6.07, 6.45) is 0. The number of Topliss-reactive ketones (excluding diaryl/α,β-unsaturated/α-hetero) is 1. The molecule has 0 radical (unpaired) electrons. The van der Waals surface area contributed by atoms with E-state index in [-0.39, 0.29) is 17.6 Å². The van der Waals surface area contributed by atoms with E-state index in [0.29, 0.717) is 24.1 Å². The highest BCUT2D eigenvalue weighted by Gasteiger charge is 2.20. The van der Waals surface area contributed by atoms with Crippen LogP contribution >= 0.6 is 21.0 Å². The minimum absolute atomic E-state index is 0.0837. The molecule has 0 saturated carbocycles. The lowest BCUT2D eigenvalue weighted by molar-refractivity contribution is -0.121. The van der Waals surface area contributed by atoms with Crippen molar-refractivity contribution in [2.75, 3.05) is 24.6 Å². The Balaban J connectivity index is 2.03. The molecule has 0 aliphatic carbocycles. The molecular weight excluding hydrogens is 282 g/mol. The zero-order chi connectivity index (χ0) is 13.8. The minimum atomic E-state index is -0.363. The molecule has 104 valence electrons. The van der Waals surface area contributed by atoms with Crippen molar-refractivity contribution in [3.05, 3.63) is 29.6 Å². The fourth-order valence-electron chi connectivity index (χ4n) is 2.00. The van der Waals surface area contributed by atoms with Gasteiger partial charge in [-0.05, 0) is 17.7 Å². The molecule has 2 N–H and O–H groups in total. The van der Waals surface area contributed by atoms with Crippen molar-refractivity contribution in [1.29, 1.82) is 0 Å². The Morgan fingerprint density at radius 1 is 1.53 bits per heavy atom. The number of nitrogens with zero attached hydrogens (tertiary/aromatic N) is 1. The minimum Gasteiger partial charge on any atom is -0.321 e. The third-order valence-corrected chi connectivity index (χ3v) is 4.62. The van der Waals surface area contributed by atoms with Crippen molar-refractivity contribution in [1.82, 2.24) is 4.90 Å². The maximum Gasteiger partial charge on any atom is 0.164 e. The Kier molecular flexibility index (Phi) is 5.34. The van der Waals surface area contributed by atoms with Crippen molar-refractivity contribution < 1.29 is 9.18 Å². The Morgan fingerprint density at radius 3 is 3.05 bits per heavy atom. The number of hydrogen-bond donors (Lipinski definition) is 1. The van der Waals surface area contributed by atoms with Gasteiger partial charge in [-0.2, -0.15) is 11.8 Å². The largest absolute Gasteiger partial charge is 0.321 e. The Hall–Kier alpha value is -0.480. The number of benzene rings is 1. The smallest absolute Gasteiger partial charge is 0.164 e. The number of rotatable bonds is 2. The van der Waals surface area contributed by atoms with Crippen molar-refractivity contribution in [2.24, 2.45) is 5.73 Å². The van der Waals surface area contributed by atoms with Crippen LogP contribution in [-0.4, -0.2) is 41.3 Å². The number of carbonyl (C=O) groups is 1. The molecule has 0 bridgehead atoms. The molecular formula is C13H18FN2OPS. The molecule has 1 saturated heterocycles. The van der Waals surface area contributed by atoms with Gasteiger partial charge in [0.15, 0.2) is 5.78 Å². The first-order chi connectivity index (χ1) is 9.06. The summed E-state index contributed by atoms with van der Waals surface area (Å²) in [5.41, 5.74) is 6.81. The molecule has 3 nitrogen and oxygen atoms in total. The maximum atomic E-state index is 13.2.